The number of likely N-dealkylation sites (N-methyl/N-ethyl adjacent to an activating group) is 1. The third-order valence-corrected chi connectivity index (χ3v) is 3.79. The molecule has 0 bridgehead atoms. The molecule has 2 amide bonds. The Kier molecular flexibility index (Phi) is 4.93. The first-order valence-electron chi connectivity index (χ1n) is 7.98. The number of hydrogen-bond acceptors (Lipinski definition) is 6. The summed E-state index contributed by atoms with van der Waals surface area (Å²) in [6.45, 7) is 0. The number of rotatable bonds is 6. The molecule has 0 spiro atoms. The normalized spacial score (nSPS) is 11.6. The van der Waals surface area contributed by atoms with Crippen LogP contribution >= 0.6 is 0 Å². The fourth-order valence-corrected chi connectivity index (χ4v) is 2.51. The number of nitrogens with zero attached hydrogens (tertiary/aromatic N) is 3. The van der Waals surface area contributed by atoms with E-state index in [1.165, 1.54) is 7.05 Å². The number of nitrogens with one attached hydrogen (secondary N) is 3. The fraction of sp³-hybridized carbons (Fsp3) is 0.0556. The van der Waals surface area contributed by atoms with Gasteiger partial charge in [0.1, 0.15) is 11.5 Å². The van der Waals surface area contributed by atoms with E-state index in [4.69, 9.17) is 11.1 Å². The Labute approximate surface area is 154 Å². The molecule has 136 valence electrons. The number of anilines is 1. The largest absolute Gasteiger partial charge is 0.383 e. The van der Waals surface area contributed by atoms with E-state index in [1.807, 2.05) is 36.5 Å². The molecule has 2 aromatic heterocycles. The van der Waals surface area contributed by atoms with Gasteiger partial charge < -0.3 is 21.8 Å². The van der Waals surface area contributed by atoms with Crippen LogP contribution in [0.3, 0.4) is 0 Å². The Balaban J connectivity index is 1.90. The second-order valence-corrected chi connectivity index (χ2v) is 5.51. The number of fused-ring (bicyclic) bond motifs is 1. The molecule has 9 heteroatoms. The Bertz CT molecular complexity index is 1050. The van der Waals surface area contributed by atoms with E-state index in [2.05, 4.69) is 20.6 Å². The zero-order chi connectivity index (χ0) is 19.4. The van der Waals surface area contributed by atoms with Gasteiger partial charge in [0.25, 0.3) is 11.8 Å². The van der Waals surface area contributed by atoms with E-state index in [1.54, 1.807) is 16.7 Å². The van der Waals surface area contributed by atoms with Crippen molar-refractivity contribution in [1.29, 1.82) is 5.41 Å². The van der Waals surface area contributed by atoms with Gasteiger partial charge in [-0.1, -0.05) is 30.3 Å². The second-order valence-electron chi connectivity index (χ2n) is 5.51. The molecule has 0 saturated carbocycles. The van der Waals surface area contributed by atoms with Crippen molar-refractivity contribution in [2.24, 2.45) is 5.73 Å². The van der Waals surface area contributed by atoms with Crippen LogP contribution in [-0.4, -0.2) is 39.4 Å². The highest BCUT2D eigenvalue weighted by molar-refractivity contribution is 6.18. The van der Waals surface area contributed by atoms with Crippen LogP contribution < -0.4 is 16.4 Å². The van der Waals surface area contributed by atoms with Gasteiger partial charge in [0, 0.05) is 31.2 Å². The lowest BCUT2D eigenvalue weighted by molar-refractivity contribution is -0.116. The van der Waals surface area contributed by atoms with Crippen molar-refractivity contribution in [3.8, 4) is 11.3 Å². The second kappa shape index (κ2) is 7.48. The summed E-state index contributed by atoms with van der Waals surface area (Å²) >= 11 is 0. The molecule has 0 aliphatic heterocycles. The van der Waals surface area contributed by atoms with Crippen LogP contribution in [0.4, 0.5) is 5.82 Å². The zero-order valence-electron chi connectivity index (χ0n) is 14.4. The Morgan fingerprint density at radius 2 is 1.93 bits per heavy atom. The molecule has 3 aromatic rings. The van der Waals surface area contributed by atoms with Crippen molar-refractivity contribution in [1.82, 2.24) is 19.7 Å². The summed E-state index contributed by atoms with van der Waals surface area (Å²) < 4.78 is 1.74. The van der Waals surface area contributed by atoms with E-state index in [9.17, 15) is 9.59 Å². The van der Waals surface area contributed by atoms with Crippen LogP contribution in [0.15, 0.2) is 60.1 Å². The van der Waals surface area contributed by atoms with E-state index in [0.717, 1.165) is 17.5 Å². The van der Waals surface area contributed by atoms with E-state index in [0.29, 0.717) is 5.78 Å². The maximum Gasteiger partial charge on any atom is 0.273 e. The van der Waals surface area contributed by atoms with Crippen molar-refractivity contribution in [2.45, 2.75) is 0 Å². The average molecular weight is 363 g/mol. The van der Waals surface area contributed by atoms with Crippen molar-refractivity contribution >= 4 is 29.6 Å². The van der Waals surface area contributed by atoms with Crippen LogP contribution in [0.2, 0.25) is 0 Å². The highest BCUT2D eigenvalue weighted by Gasteiger charge is 2.17. The molecule has 3 rings (SSSR count). The van der Waals surface area contributed by atoms with Gasteiger partial charge in [-0.05, 0) is 6.07 Å². The molecule has 2 heterocycles. The maximum atomic E-state index is 12.4. The maximum absolute atomic E-state index is 12.4. The summed E-state index contributed by atoms with van der Waals surface area (Å²) in [6, 6.07) is 11.2. The topological polar surface area (TPSA) is 138 Å². The van der Waals surface area contributed by atoms with Gasteiger partial charge in [-0.2, -0.15) is 4.98 Å². The standard InChI is InChI=1S/C18H17N7O2/c1-21-15(12(9-19)16(20)26)17(27)23-14-7-8-25-10-13(22-18(25)24-14)11-5-3-2-4-6-11/h2-10,19,21H,1H3,(H2,20,26)(H,22,23,24,27)/b15-12+,19-9?. The van der Waals surface area contributed by atoms with Crippen molar-refractivity contribution in [3.05, 3.63) is 60.1 Å². The van der Waals surface area contributed by atoms with Gasteiger partial charge in [0.2, 0.25) is 5.78 Å². The number of benzene rings is 1. The number of imidazole rings is 1. The highest BCUT2D eigenvalue weighted by atomic mass is 16.2. The molecule has 0 atom stereocenters. The molecule has 0 saturated heterocycles. The predicted molar refractivity (Wildman–Crippen MR) is 101 cm³/mol. The highest BCUT2D eigenvalue weighted by Crippen LogP contribution is 2.18. The first-order valence-corrected chi connectivity index (χ1v) is 7.98. The van der Waals surface area contributed by atoms with Crippen LogP contribution in [0, 0.1) is 5.41 Å². The summed E-state index contributed by atoms with van der Waals surface area (Å²) in [5.74, 6) is -0.863. The summed E-state index contributed by atoms with van der Waals surface area (Å²) in [4.78, 5) is 32.5. The molecule has 5 N–H and O–H groups in total. The number of carbonyl (C=O) groups is 2. The first-order chi connectivity index (χ1) is 13.0. The van der Waals surface area contributed by atoms with Gasteiger partial charge in [0.15, 0.2) is 0 Å². The summed E-state index contributed by atoms with van der Waals surface area (Å²) in [6.07, 6.45) is 4.28. The van der Waals surface area contributed by atoms with Gasteiger partial charge in [-0.25, -0.2) is 4.98 Å². The smallest absolute Gasteiger partial charge is 0.273 e. The van der Waals surface area contributed by atoms with Gasteiger partial charge in [-0.3, -0.25) is 14.0 Å². The lowest BCUT2D eigenvalue weighted by Crippen LogP contribution is -2.30. The average Bonchev–Trinajstić information content (AvgIpc) is 3.09. The van der Waals surface area contributed by atoms with E-state index in [-0.39, 0.29) is 17.1 Å². The fourth-order valence-electron chi connectivity index (χ4n) is 2.51. The monoisotopic (exact) mass is 363 g/mol. The Hall–Kier alpha value is -4.01. The first kappa shape index (κ1) is 17.8. The molecular formula is C18H17N7O2. The molecule has 0 unspecified atom stereocenters. The lowest BCUT2D eigenvalue weighted by Gasteiger charge is -2.10. The molecule has 9 nitrogen and oxygen atoms in total. The molecule has 27 heavy (non-hydrogen) atoms. The predicted octanol–water partition coefficient (Wildman–Crippen LogP) is 0.943. The number of primary amides is 1. The van der Waals surface area contributed by atoms with Crippen LogP contribution in [0.25, 0.3) is 17.0 Å². The van der Waals surface area contributed by atoms with Crippen LogP contribution in [-0.2, 0) is 9.59 Å². The Morgan fingerprint density at radius 1 is 1.19 bits per heavy atom. The minimum atomic E-state index is -0.881. The molecule has 0 fully saturated rings. The quantitative estimate of drug-likeness (QED) is 0.381. The molecule has 0 aliphatic carbocycles. The lowest BCUT2D eigenvalue weighted by atomic mass is 10.2. The minimum absolute atomic E-state index is 0.118. The van der Waals surface area contributed by atoms with Gasteiger partial charge in [0.05, 0.1) is 11.3 Å². The molecular weight excluding hydrogens is 346 g/mol. The van der Waals surface area contributed by atoms with Crippen molar-refractivity contribution < 1.29 is 9.59 Å². The number of carbonyl (C=O) groups excluding carboxylic acids is 2. The number of amides is 2. The summed E-state index contributed by atoms with van der Waals surface area (Å²) in [7, 11) is 1.46. The van der Waals surface area contributed by atoms with E-state index < -0.39 is 11.8 Å². The van der Waals surface area contributed by atoms with E-state index >= 15 is 0 Å². The van der Waals surface area contributed by atoms with Gasteiger partial charge in [-0.15, -0.1) is 0 Å². The molecule has 1 aromatic carbocycles. The summed E-state index contributed by atoms with van der Waals surface area (Å²) in [5, 5.41) is 12.4. The van der Waals surface area contributed by atoms with Crippen molar-refractivity contribution in [2.75, 3.05) is 12.4 Å². The van der Waals surface area contributed by atoms with Crippen LogP contribution in [0.5, 0.6) is 0 Å². The number of aromatic nitrogens is 3. The summed E-state index contributed by atoms with van der Waals surface area (Å²) in [5.41, 5.74) is 6.54. The SMILES string of the molecule is CN/C(C(=O)Nc1ccn2cc(-c3ccccc3)nc2n1)=C(\C=N)C(N)=O. The molecule has 0 aliphatic rings. The minimum Gasteiger partial charge on any atom is -0.383 e. The Morgan fingerprint density at radius 3 is 2.56 bits per heavy atom. The van der Waals surface area contributed by atoms with Gasteiger partial charge >= 0.3 is 0 Å². The molecule has 0 radical (unpaired) electrons. The van der Waals surface area contributed by atoms with Crippen LogP contribution in [0.1, 0.15) is 0 Å². The zero-order valence-corrected chi connectivity index (χ0v) is 14.4. The number of hydrogen-bond donors (Lipinski definition) is 4. The van der Waals surface area contributed by atoms with Crippen molar-refractivity contribution in [3.63, 3.8) is 0 Å². The third kappa shape index (κ3) is 3.66. The third-order valence-electron chi connectivity index (χ3n) is 3.79. The number of nitrogens with two attached hydrogens (primary N) is 1.